The topological polar surface area (TPSA) is 15.3 Å². The van der Waals surface area contributed by atoms with Gasteiger partial charge in [0.05, 0.1) is 0 Å². The molecule has 1 aliphatic carbocycles. The number of hydrogen-bond donors (Lipinski definition) is 1. The normalized spacial score (nSPS) is 40.9. The van der Waals surface area contributed by atoms with Gasteiger partial charge < -0.3 is 5.32 Å². The molecule has 1 atom stereocenters. The second-order valence-electron chi connectivity index (χ2n) is 4.53. The molecular weight excluding hydrogens is 136 g/mol. The van der Waals surface area contributed by atoms with E-state index in [0.717, 1.165) is 11.5 Å². The smallest absolute Gasteiger partial charge is 0.0227 e. The van der Waals surface area contributed by atoms with Crippen LogP contribution in [-0.2, 0) is 0 Å². The van der Waals surface area contributed by atoms with Gasteiger partial charge in [0, 0.05) is 32.2 Å². The first-order chi connectivity index (χ1) is 5.38. The Balaban J connectivity index is 1.77. The average molecular weight is 152 g/mol. The van der Waals surface area contributed by atoms with E-state index in [2.05, 4.69) is 10.2 Å². The molecule has 62 valence electrons. The van der Waals surface area contributed by atoms with Crippen molar-refractivity contribution in [2.45, 2.75) is 25.3 Å². The lowest BCUT2D eigenvalue weighted by atomic mass is 10.0. The van der Waals surface area contributed by atoms with E-state index in [1.54, 1.807) is 0 Å². The Morgan fingerprint density at radius 2 is 2.27 bits per heavy atom. The van der Waals surface area contributed by atoms with E-state index in [9.17, 15) is 0 Å². The molecule has 1 N–H and O–H groups in total. The molecule has 3 rings (SSSR count). The lowest BCUT2D eigenvalue weighted by Gasteiger charge is -2.29. The predicted molar refractivity (Wildman–Crippen MR) is 44.5 cm³/mol. The van der Waals surface area contributed by atoms with Crippen molar-refractivity contribution in [1.29, 1.82) is 0 Å². The molecule has 2 heterocycles. The Morgan fingerprint density at radius 1 is 1.36 bits per heavy atom. The number of fused-ring (bicyclic) bond motifs is 1. The van der Waals surface area contributed by atoms with Gasteiger partial charge in [-0.25, -0.2) is 0 Å². The maximum atomic E-state index is 3.48. The lowest BCUT2D eigenvalue weighted by Crippen LogP contribution is -2.47. The fourth-order valence-electron chi connectivity index (χ4n) is 2.75. The summed E-state index contributed by atoms with van der Waals surface area (Å²) in [5.74, 6) is 0. The van der Waals surface area contributed by atoms with Gasteiger partial charge in [0.1, 0.15) is 0 Å². The summed E-state index contributed by atoms with van der Waals surface area (Å²) in [5.41, 5.74) is 0.816. The standard InChI is InChI=1S/C9H16N2/c1-2-9(1)5-8-6-10-3-4-11(8)7-9/h8,10H,1-7H2. The van der Waals surface area contributed by atoms with Gasteiger partial charge in [0.25, 0.3) is 0 Å². The van der Waals surface area contributed by atoms with Crippen LogP contribution in [0.2, 0.25) is 0 Å². The van der Waals surface area contributed by atoms with Crippen LogP contribution in [0, 0.1) is 5.41 Å². The summed E-state index contributed by atoms with van der Waals surface area (Å²) in [5, 5.41) is 3.48. The van der Waals surface area contributed by atoms with Gasteiger partial charge in [-0.05, 0) is 24.7 Å². The van der Waals surface area contributed by atoms with Gasteiger partial charge in [0.2, 0.25) is 0 Å². The molecule has 2 heteroatoms. The molecule has 2 nitrogen and oxygen atoms in total. The Hall–Kier alpha value is -0.0800. The van der Waals surface area contributed by atoms with Crippen molar-refractivity contribution in [2.75, 3.05) is 26.2 Å². The summed E-state index contributed by atoms with van der Waals surface area (Å²) in [4.78, 5) is 2.70. The number of rotatable bonds is 0. The summed E-state index contributed by atoms with van der Waals surface area (Å²) in [6.45, 7) is 5.18. The first-order valence-corrected chi connectivity index (χ1v) is 4.83. The van der Waals surface area contributed by atoms with Crippen LogP contribution in [0.1, 0.15) is 19.3 Å². The lowest BCUT2D eigenvalue weighted by molar-refractivity contribution is 0.209. The Morgan fingerprint density at radius 3 is 3.00 bits per heavy atom. The maximum absolute atomic E-state index is 3.48. The average Bonchev–Trinajstić information content (AvgIpc) is 2.66. The van der Waals surface area contributed by atoms with Crippen molar-refractivity contribution < 1.29 is 0 Å². The SMILES string of the molecule is C1CN2CC3(CC3)CC2CN1. The van der Waals surface area contributed by atoms with Crippen molar-refractivity contribution >= 4 is 0 Å². The Kier molecular flexibility index (Phi) is 1.16. The van der Waals surface area contributed by atoms with Gasteiger partial charge in [0.15, 0.2) is 0 Å². The highest BCUT2D eigenvalue weighted by molar-refractivity contribution is 5.05. The highest BCUT2D eigenvalue weighted by atomic mass is 15.3. The number of nitrogens with one attached hydrogen (secondary N) is 1. The minimum atomic E-state index is 0.816. The second-order valence-corrected chi connectivity index (χ2v) is 4.53. The minimum absolute atomic E-state index is 0.816. The van der Waals surface area contributed by atoms with Gasteiger partial charge in [-0.2, -0.15) is 0 Å². The van der Waals surface area contributed by atoms with E-state index in [0.29, 0.717) is 0 Å². The fourth-order valence-corrected chi connectivity index (χ4v) is 2.75. The molecule has 3 aliphatic rings. The third kappa shape index (κ3) is 0.926. The van der Waals surface area contributed by atoms with E-state index in [1.165, 1.54) is 45.4 Å². The first kappa shape index (κ1) is 6.44. The van der Waals surface area contributed by atoms with Gasteiger partial charge >= 0.3 is 0 Å². The van der Waals surface area contributed by atoms with Crippen LogP contribution in [-0.4, -0.2) is 37.1 Å². The largest absolute Gasteiger partial charge is 0.314 e. The Bertz CT molecular complexity index is 158. The molecule has 3 fully saturated rings. The molecule has 11 heavy (non-hydrogen) atoms. The molecule has 0 aromatic heterocycles. The third-order valence-electron chi connectivity index (χ3n) is 3.64. The van der Waals surface area contributed by atoms with Crippen LogP contribution >= 0.6 is 0 Å². The van der Waals surface area contributed by atoms with Crippen LogP contribution in [0.4, 0.5) is 0 Å². The molecule has 0 bridgehead atoms. The van der Waals surface area contributed by atoms with Crippen LogP contribution < -0.4 is 5.32 Å². The monoisotopic (exact) mass is 152 g/mol. The zero-order valence-corrected chi connectivity index (χ0v) is 6.97. The molecule has 0 amide bonds. The van der Waals surface area contributed by atoms with Gasteiger partial charge in [-0.1, -0.05) is 0 Å². The molecule has 2 saturated heterocycles. The molecule has 1 spiro atoms. The van der Waals surface area contributed by atoms with Crippen LogP contribution in [0.15, 0.2) is 0 Å². The highest BCUT2D eigenvalue weighted by Gasteiger charge is 2.51. The van der Waals surface area contributed by atoms with Gasteiger partial charge in [-0.3, -0.25) is 4.90 Å². The maximum Gasteiger partial charge on any atom is 0.0227 e. The summed E-state index contributed by atoms with van der Waals surface area (Å²) in [7, 11) is 0. The van der Waals surface area contributed by atoms with Crippen LogP contribution in [0.25, 0.3) is 0 Å². The van der Waals surface area contributed by atoms with E-state index < -0.39 is 0 Å². The van der Waals surface area contributed by atoms with Crippen molar-refractivity contribution in [1.82, 2.24) is 10.2 Å². The van der Waals surface area contributed by atoms with Crippen molar-refractivity contribution in [3.05, 3.63) is 0 Å². The predicted octanol–water partition coefficient (Wildman–Crippen LogP) is 0.444. The molecule has 2 aliphatic heterocycles. The van der Waals surface area contributed by atoms with Crippen molar-refractivity contribution in [2.24, 2.45) is 5.41 Å². The number of nitrogens with zero attached hydrogens (tertiary/aromatic N) is 1. The molecule has 0 radical (unpaired) electrons. The first-order valence-electron chi connectivity index (χ1n) is 4.83. The summed E-state index contributed by atoms with van der Waals surface area (Å²) < 4.78 is 0. The summed E-state index contributed by atoms with van der Waals surface area (Å²) in [6.07, 6.45) is 4.51. The number of piperazine rings is 1. The highest BCUT2D eigenvalue weighted by Crippen LogP contribution is 2.54. The fraction of sp³-hybridized carbons (Fsp3) is 1.00. The van der Waals surface area contributed by atoms with Crippen molar-refractivity contribution in [3.8, 4) is 0 Å². The van der Waals surface area contributed by atoms with E-state index in [-0.39, 0.29) is 0 Å². The summed E-state index contributed by atoms with van der Waals surface area (Å²) >= 11 is 0. The Labute approximate surface area is 68.0 Å². The van der Waals surface area contributed by atoms with E-state index >= 15 is 0 Å². The van der Waals surface area contributed by atoms with Crippen molar-refractivity contribution in [3.63, 3.8) is 0 Å². The molecule has 1 saturated carbocycles. The van der Waals surface area contributed by atoms with E-state index in [1.807, 2.05) is 0 Å². The molecule has 0 aromatic carbocycles. The van der Waals surface area contributed by atoms with Crippen LogP contribution in [0.5, 0.6) is 0 Å². The second kappa shape index (κ2) is 1.99. The molecular formula is C9H16N2. The molecule has 0 aromatic rings. The third-order valence-corrected chi connectivity index (χ3v) is 3.64. The quantitative estimate of drug-likeness (QED) is 0.542. The van der Waals surface area contributed by atoms with Gasteiger partial charge in [-0.15, -0.1) is 0 Å². The van der Waals surface area contributed by atoms with Crippen LogP contribution in [0.3, 0.4) is 0 Å². The summed E-state index contributed by atoms with van der Waals surface area (Å²) in [6, 6.07) is 0.895. The minimum Gasteiger partial charge on any atom is -0.314 e. The zero-order chi connectivity index (χ0) is 7.31. The van der Waals surface area contributed by atoms with E-state index in [4.69, 9.17) is 0 Å². The zero-order valence-electron chi connectivity index (χ0n) is 6.97. The molecule has 1 unspecified atom stereocenters. The number of hydrogen-bond acceptors (Lipinski definition) is 2.